The molecule has 0 spiro atoms. The van der Waals surface area contributed by atoms with E-state index in [4.69, 9.17) is 0 Å². The van der Waals surface area contributed by atoms with Crippen LogP contribution in [0.1, 0.15) is 20.4 Å². The van der Waals surface area contributed by atoms with Crippen LogP contribution in [0.5, 0.6) is 0 Å². The van der Waals surface area contributed by atoms with Gasteiger partial charge in [-0.05, 0) is 0 Å². The normalized spacial score (nSPS) is 22.3. The maximum absolute atomic E-state index is 12.4. The van der Waals surface area contributed by atoms with Gasteiger partial charge in [0.1, 0.15) is 0 Å². The third-order valence-electron chi connectivity index (χ3n) is 5.86. The van der Waals surface area contributed by atoms with Crippen molar-refractivity contribution in [2.75, 3.05) is 19.0 Å². The van der Waals surface area contributed by atoms with E-state index in [1.54, 1.807) is 3.33 Å². The van der Waals surface area contributed by atoms with Gasteiger partial charge in [0.2, 0.25) is 0 Å². The van der Waals surface area contributed by atoms with Gasteiger partial charge in [0.25, 0.3) is 0 Å². The van der Waals surface area contributed by atoms with Crippen molar-refractivity contribution >= 4 is 59.4 Å². The molecule has 4 nitrogen and oxygen atoms in total. The number of carbonyl (C=O) groups is 2. The molecule has 1 N–H and O–H groups in total. The molecule has 134 valence electrons. The first-order chi connectivity index (χ1) is 13.0. The molecule has 0 saturated carbocycles. The van der Waals surface area contributed by atoms with Crippen LogP contribution in [-0.4, -0.2) is 51.9 Å². The second-order valence-corrected chi connectivity index (χ2v) is 17.4. The van der Waals surface area contributed by atoms with Gasteiger partial charge in [0.15, 0.2) is 0 Å². The number of imide groups is 1. The zero-order valence-electron chi connectivity index (χ0n) is 15.2. The molecule has 3 aliphatic rings. The van der Waals surface area contributed by atoms with Crippen LogP contribution in [0.25, 0.3) is 6.08 Å². The van der Waals surface area contributed by atoms with Gasteiger partial charge in [-0.2, -0.15) is 0 Å². The first-order valence-electron chi connectivity index (χ1n) is 9.14. The van der Waals surface area contributed by atoms with Gasteiger partial charge in [-0.3, -0.25) is 0 Å². The number of hydrogen-bond acceptors (Lipinski definition) is 4. The average Bonchev–Trinajstić information content (AvgIpc) is 3.21. The zero-order chi connectivity index (χ0) is 18.7. The predicted molar refractivity (Wildman–Crippen MR) is 112 cm³/mol. The predicted octanol–water partition coefficient (Wildman–Crippen LogP) is 2.62. The van der Waals surface area contributed by atoms with Crippen molar-refractivity contribution < 1.29 is 9.59 Å². The van der Waals surface area contributed by atoms with Crippen LogP contribution in [0.3, 0.4) is 0 Å². The number of anilines is 1. The van der Waals surface area contributed by atoms with Crippen molar-refractivity contribution in [3.05, 3.63) is 62.5 Å². The van der Waals surface area contributed by atoms with Crippen LogP contribution in [0, 0.1) is 0 Å². The number of thioether (sulfide) groups is 1. The fourth-order valence-corrected chi connectivity index (χ4v) is 19.0. The summed E-state index contributed by atoms with van der Waals surface area (Å²) in [7, 11) is 4.10. The summed E-state index contributed by atoms with van der Waals surface area (Å²) in [6, 6.07) is 15.3. The third kappa shape index (κ3) is 2.76. The van der Waals surface area contributed by atoms with Crippen molar-refractivity contribution in [1.29, 1.82) is 0 Å². The molecule has 1 saturated heterocycles. The quantitative estimate of drug-likeness (QED) is 0.735. The SMILES string of the molecule is CN(C)c1ccc(C[C]2=Cc3c4ccc[c]3[In]2[CH]4C2SC(=O)NC2=O)cc1. The van der Waals surface area contributed by atoms with E-state index in [1.807, 2.05) is 14.1 Å². The van der Waals surface area contributed by atoms with E-state index < -0.39 is 21.4 Å². The Labute approximate surface area is 170 Å². The van der Waals surface area contributed by atoms with Crippen molar-refractivity contribution in [2.45, 2.75) is 15.3 Å². The Hall–Kier alpha value is -1.66. The summed E-state index contributed by atoms with van der Waals surface area (Å²) in [5.41, 5.74) is 5.19. The van der Waals surface area contributed by atoms with Crippen molar-refractivity contribution in [1.82, 2.24) is 5.32 Å². The second-order valence-electron chi connectivity index (χ2n) is 7.63. The number of amides is 2. The maximum atomic E-state index is 12.4. The van der Waals surface area contributed by atoms with Gasteiger partial charge in [0.05, 0.1) is 0 Å². The Morgan fingerprint density at radius 3 is 2.52 bits per heavy atom. The molecule has 0 radical (unpaired) electrons. The summed E-state index contributed by atoms with van der Waals surface area (Å²) in [5, 5.41) is 2.06. The van der Waals surface area contributed by atoms with Crippen LogP contribution < -0.4 is 13.5 Å². The number of nitrogens with one attached hydrogen (secondary N) is 1. The number of benzene rings is 2. The molecule has 2 aromatic carbocycles. The molecule has 2 aromatic rings. The fraction of sp³-hybridized carbons (Fsp3) is 0.238. The Balaban J connectivity index is 1.46. The van der Waals surface area contributed by atoms with Gasteiger partial charge in [-0.15, -0.1) is 0 Å². The van der Waals surface area contributed by atoms with Gasteiger partial charge >= 0.3 is 171 Å². The van der Waals surface area contributed by atoms with E-state index in [1.165, 1.54) is 37.5 Å². The minimum absolute atomic E-state index is 0.0957. The Kier molecular flexibility index (Phi) is 4.17. The van der Waals surface area contributed by atoms with Gasteiger partial charge < -0.3 is 0 Å². The summed E-state index contributed by atoms with van der Waals surface area (Å²) in [6.07, 6.45) is 3.35. The molecule has 0 aromatic heterocycles. The van der Waals surface area contributed by atoms with E-state index in [-0.39, 0.29) is 20.1 Å². The first kappa shape index (κ1) is 17.4. The van der Waals surface area contributed by atoms with Gasteiger partial charge in [-0.25, -0.2) is 0 Å². The molecule has 2 unspecified atom stereocenters. The Morgan fingerprint density at radius 1 is 1.11 bits per heavy atom. The van der Waals surface area contributed by atoms with E-state index in [0.29, 0.717) is 0 Å². The minimum atomic E-state index is -2.38. The molecule has 3 aliphatic heterocycles. The standard InChI is InChI=1S/C21H19N2O2S.In/c1-23(2)18-12-10-15(11-13-18)6-5-9-16-7-3-4-8-17(16)14-19-20(24)22-21(25)26-19;/h3-4,8-14,19H,6H2,1-2H3,(H,22,24,25);. The fourth-order valence-electron chi connectivity index (χ4n) is 4.66. The molecule has 0 aliphatic carbocycles. The van der Waals surface area contributed by atoms with Crippen molar-refractivity contribution in [2.24, 2.45) is 0 Å². The molecular weight excluding hydrogens is 459 g/mol. The second kappa shape index (κ2) is 6.45. The molecule has 1 fully saturated rings. The van der Waals surface area contributed by atoms with Gasteiger partial charge in [-0.1, -0.05) is 0 Å². The van der Waals surface area contributed by atoms with E-state index in [9.17, 15) is 9.59 Å². The molecule has 27 heavy (non-hydrogen) atoms. The zero-order valence-corrected chi connectivity index (χ0v) is 19.3. The molecular formula is C21H19InN2O2S. The molecule has 6 heteroatoms. The first-order valence-corrected chi connectivity index (χ1v) is 15.2. The van der Waals surface area contributed by atoms with E-state index in [2.05, 4.69) is 58.8 Å². The van der Waals surface area contributed by atoms with Crippen LogP contribution in [0.2, 0.25) is 0 Å². The summed E-state index contributed by atoms with van der Waals surface area (Å²) >= 11 is -1.18. The van der Waals surface area contributed by atoms with Crippen LogP contribution in [-0.2, 0) is 11.2 Å². The van der Waals surface area contributed by atoms with Crippen molar-refractivity contribution in [3.8, 4) is 0 Å². The van der Waals surface area contributed by atoms with Crippen LogP contribution in [0.15, 0.2) is 45.8 Å². The number of allylic oxidation sites excluding steroid dienone is 1. The molecule has 2 atom stereocenters. The Morgan fingerprint density at radius 2 is 1.89 bits per heavy atom. The van der Waals surface area contributed by atoms with E-state index in [0.717, 1.165) is 6.42 Å². The van der Waals surface area contributed by atoms with Crippen LogP contribution in [0.4, 0.5) is 10.5 Å². The molecule has 3 heterocycles. The third-order valence-corrected chi connectivity index (χ3v) is 18.6. The average molecular weight is 478 g/mol. The van der Waals surface area contributed by atoms with Gasteiger partial charge in [0, 0.05) is 0 Å². The number of hydrogen-bond donors (Lipinski definition) is 1. The molecule has 2 amide bonds. The number of nitrogens with zero attached hydrogens (tertiary/aromatic N) is 1. The van der Waals surface area contributed by atoms with Crippen LogP contribution >= 0.6 is 11.8 Å². The molecule has 5 rings (SSSR count). The summed E-state index contributed by atoms with van der Waals surface area (Å²) in [6.45, 7) is 0. The monoisotopic (exact) mass is 478 g/mol. The number of rotatable bonds is 4. The topological polar surface area (TPSA) is 49.4 Å². The summed E-state index contributed by atoms with van der Waals surface area (Å²) < 4.78 is 3.34. The van der Waals surface area contributed by atoms with E-state index >= 15 is 0 Å². The van der Waals surface area contributed by atoms with Crippen molar-refractivity contribution in [3.63, 3.8) is 0 Å². The Bertz CT molecular complexity index is 1000. The summed E-state index contributed by atoms with van der Waals surface area (Å²) in [5.74, 6) is -0.0957. The summed E-state index contributed by atoms with van der Waals surface area (Å²) in [4.78, 5) is 26.3. The number of carbonyl (C=O) groups excluding carboxylic acids is 2. The molecule has 4 bridgehead atoms.